The summed E-state index contributed by atoms with van der Waals surface area (Å²) in [6.45, 7) is 16.3. The van der Waals surface area contributed by atoms with Crippen molar-refractivity contribution >= 4 is 82.4 Å². The van der Waals surface area contributed by atoms with Gasteiger partial charge >= 0.3 is 0 Å². The Morgan fingerprint density at radius 3 is 1.63 bits per heavy atom. The molecule has 264 valence electrons. The summed E-state index contributed by atoms with van der Waals surface area (Å²) in [6.07, 6.45) is 12.7. The summed E-state index contributed by atoms with van der Waals surface area (Å²) in [7, 11) is -3.28. The van der Waals surface area contributed by atoms with E-state index < -0.39 is 16.1 Å². The number of aromatic nitrogens is 2. The first-order chi connectivity index (χ1) is 24.9. The van der Waals surface area contributed by atoms with Gasteiger partial charge in [-0.25, -0.2) is 0 Å². The zero-order valence-corrected chi connectivity index (χ0v) is 35.5. The van der Waals surface area contributed by atoms with Gasteiger partial charge in [0.25, 0.3) is 11.8 Å². The summed E-state index contributed by atoms with van der Waals surface area (Å²) in [5.74, 6) is 23.2. The maximum absolute atomic E-state index is 14.8. The number of rotatable bonds is 13. The topological polar surface area (TPSA) is 63.2 Å². The number of carbonyl (C=O) groups excluding carboxylic acids is 2. The number of amides is 2. The summed E-state index contributed by atoms with van der Waals surface area (Å²) >= 11 is 4.54. The highest BCUT2D eigenvalue weighted by atomic mass is 32.1. The lowest BCUT2D eigenvalue weighted by Crippen LogP contribution is -2.34. The second-order valence-corrected chi connectivity index (χ2v) is 28.4. The largest absolute Gasteiger partial charge is 0.273 e. The molecular weight excluding hydrogens is 731 g/mol. The number of benzene rings is 1. The number of hydrogen-bond donors (Lipinski definition) is 0. The minimum atomic E-state index is -1.64. The van der Waals surface area contributed by atoms with Crippen molar-refractivity contribution in [2.45, 2.75) is 91.2 Å². The number of carbonyl (C=O) groups is 2. The van der Waals surface area contributed by atoms with E-state index in [0.717, 1.165) is 58.3 Å². The SMILES string of the molecule is C#CC#CC#CC#CC#CC(CCCCCCCC)CN1C(=O)c2c(c(-c3ccc([Si](C)(C)C)s3)c3nsnc3c2-c2ccc([Si](C)(C)C)s2)C1=O. The first kappa shape index (κ1) is 39.0. The van der Waals surface area contributed by atoms with Gasteiger partial charge in [-0.05, 0) is 74.9 Å². The van der Waals surface area contributed by atoms with Gasteiger partial charge in [0.2, 0.25) is 0 Å². The van der Waals surface area contributed by atoms with E-state index in [1.807, 2.05) is 0 Å². The minimum Gasteiger partial charge on any atom is -0.273 e. The molecule has 0 fully saturated rings. The van der Waals surface area contributed by atoms with Crippen molar-refractivity contribution in [3.8, 4) is 80.6 Å². The molecule has 1 unspecified atom stereocenters. The van der Waals surface area contributed by atoms with E-state index in [9.17, 15) is 9.59 Å². The fourth-order valence-electron chi connectivity index (χ4n) is 6.12. The third-order valence-corrected chi connectivity index (χ3v) is 18.8. The van der Waals surface area contributed by atoms with Crippen LogP contribution in [0.25, 0.3) is 31.9 Å². The molecule has 4 heterocycles. The number of thiophene rings is 2. The monoisotopic (exact) mass is 773 g/mol. The van der Waals surface area contributed by atoms with Crippen LogP contribution in [0.3, 0.4) is 0 Å². The molecular formula is C42H43N3O2S3Si2. The highest BCUT2D eigenvalue weighted by Gasteiger charge is 2.44. The minimum absolute atomic E-state index is 0.178. The lowest BCUT2D eigenvalue weighted by atomic mass is 9.93. The predicted molar refractivity (Wildman–Crippen MR) is 227 cm³/mol. The van der Waals surface area contributed by atoms with Gasteiger partial charge in [0.15, 0.2) is 0 Å². The Balaban J connectivity index is 1.60. The lowest BCUT2D eigenvalue weighted by molar-refractivity contribution is 0.0638. The van der Waals surface area contributed by atoms with Crippen LogP contribution in [0.1, 0.15) is 72.6 Å². The standard InChI is InChI=1S/C42H43N3O2S3Si2/c1-9-11-13-15-17-18-20-22-24-30(23-21-19-16-14-12-10-2)29-45-41(46)37-35(31-25-27-33(48-31)51(3,4)5)39-40(44-50-43-39)36(38(37)42(45)47)32-26-28-34(49-32)52(6,7)8/h1,25-28,30H,10,12,14,16,19,21,23,29H2,2-8H3. The maximum Gasteiger partial charge on any atom is 0.262 e. The van der Waals surface area contributed by atoms with Crippen molar-refractivity contribution < 1.29 is 9.59 Å². The molecule has 1 atom stereocenters. The normalized spacial score (nSPS) is 12.8. The summed E-state index contributed by atoms with van der Waals surface area (Å²) in [5, 5.41) is 0. The van der Waals surface area contributed by atoms with E-state index >= 15 is 0 Å². The van der Waals surface area contributed by atoms with E-state index in [4.69, 9.17) is 15.2 Å². The molecule has 0 saturated carbocycles. The fourth-order valence-corrected chi connectivity index (χ4v) is 12.6. The van der Waals surface area contributed by atoms with Crippen LogP contribution >= 0.6 is 34.4 Å². The van der Waals surface area contributed by atoms with Crippen molar-refractivity contribution in [1.82, 2.24) is 13.6 Å². The zero-order chi connectivity index (χ0) is 37.5. The van der Waals surface area contributed by atoms with Crippen LogP contribution in [0.4, 0.5) is 0 Å². The first-order valence-corrected chi connectivity index (χ1v) is 27.1. The van der Waals surface area contributed by atoms with Crippen molar-refractivity contribution in [3.63, 3.8) is 0 Å². The summed E-state index contributed by atoms with van der Waals surface area (Å²) in [4.78, 5) is 32.8. The second-order valence-electron chi connectivity index (χ2n) is 14.9. The highest BCUT2D eigenvalue weighted by molar-refractivity contribution is 7.29. The maximum atomic E-state index is 14.8. The molecule has 0 saturated heterocycles. The molecule has 10 heteroatoms. The Hall–Kier alpha value is -4.19. The van der Waals surface area contributed by atoms with Gasteiger partial charge in [0, 0.05) is 33.3 Å². The van der Waals surface area contributed by atoms with E-state index in [1.54, 1.807) is 22.7 Å². The number of fused-ring (bicyclic) bond motifs is 2. The van der Waals surface area contributed by atoms with Crippen molar-refractivity contribution in [2.75, 3.05) is 6.54 Å². The molecule has 0 radical (unpaired) electrons. The predicted octanol–water partition coefficient (Wildman–Crippen LogP) is 8.85. The van der Waals surface area contributed by atoms with Crippen molar-refractivity contribution in [3.05, 3.63) is 35.4 Å². The first-order valence-electron chi connectivity index (χ1n) is 17.7. The molecule has 1 aliphatic rings. The third kappa shape index (κ3) is 8.88. The van der Waals surface area contributed by atoms with Gasteiger partial charge in [0.1, 0.15) is 11.0 Å². The average Bonchev–Trinajstić information content (AvgIpc) is 3.91. The van der Waals surface area contributed by atoms with Crippen molar-refractivity contribution in [1.29, 1.82) is 0 Å². The Labute approximate surface area is 323 Å². The molecule has 4 aromatic rings. The zero-order valence-electron chi connectivity index (χ0n) is 31.0. The van der Waals surface area contributed by atoms with Crippen LogP contribution in [0.15, 0.2) is 24.3 Å². The third-order valence-electron chi connectivity index (χ3n) is 8.85. The van der Waals surface area contributed by atoms with Crippen LogP contribution < -0.4 is 9.00 Å². The Morgan fingerprint density at radius 1 is 0.673 bits per heavy atom. The van der Waals surface area contributed by atoms with Crippen LogP contribution in [0.2, 0.25) is 39.3 Å². The van der Waals surface area contributed by atoms with Gasteiger partial charge < -0.3 is 0 Å². The van der Waals surface area contributed by atoms with Crippen LogP contribution in [-0.4, -0.2) is 48.2 Å². The lowest BCUT2D eigenvalue weighted by Gasteiger charge is -2.19. The number of terminal acetylenes is 1. The van der Waals surface area contributed by atoms with E-state index in [1.165, 1.54) is 33.2 Å². The van der Waals surface area contributed by atoms with Gasteiger partial charge in [0.05, 0.1) is 39.0 Å². The number of imide groups is 1. The summed E-state index contributed by atoms with van der Waals surface area (Å²) in [5.41, 5.74) is 3.66. The van der Waals surface area contributed by atoms with Crippen LogP contribution in [0, 0.1) is 65.6 Å². The van der Waals surface area contributed by atoms with E-state index in [2.05, 4.69) is 124 Å². The Morgan fingerprint density at radius 2 is 1.15 bits per heavy atom. The molecule has 0 aliphatic carbocycles. The summed E-state index contributed by atoms with van der Waals surface area (Å²) in [6, 6.07) is 8.53. The quantitative estimate of drug-likeness (QED) is 0.0590. The van der Waals surface area contributed by atoms with Crippen LogP contribution in [0.5, 0.6) is 0 Å². The highest BCUT2D eigenvalue weighted by Crippen LogP contribution is 2.47. The number of unbranched alkanes of at least 4 members (excludes halogenated alkanes) is 5. The van der Waals surface area contributed by atoms with E-state index in [-0.39, 0.29) is 24.3 Å². The number of nitrogens with zero attached hydrogens (tertiary/aromatic N) is 3. The average molecular weight is 774 g/mol. The smallest absolute Gasteiger partial charge is 0.262 e. The van der Waals surface area contributed by atoms with Gasteiger partial charge in [-0.1, -0.05) is 103 Å². The molecule has 0 N–H and O–H groups in total. The van der Waals surface area contributed by atoms with Crippen molar-refractivity contribution in [2.24, 2.45) is 5.92 Å². The molecule has 2 amide bonds. The Kier molecular flexibility index (Phi) is 12.8. The molecule has 1 aliphatic heterocycles. The molecule has 5 nitrogen and oxygen atoms in total. The Bertz CT molecular complexity index is 2190. The molecule has 1 aromatic carbocycles. The van der Waals surface area contributed by atoms with Gasteiger partial charge in [-0.2, -0.15) is 8.75 Å². The molecule has 52 heavy (non-hydrogen) atoms. The van der Waals surface area contributed by atoms with Gasteiger partial charge in [-0.3, -0.25) is 14.5 Å². The molecule has 3 aromatic heterocycles. The van der Waals surface area contributed by atoms with E-state index in [0.29, 0.717) is 22.2 Å². The molecule has 5 rings (SSSR count). The fraction of sp³-hybridized carbons (Fsp3) is 0.381. The van der Waals surface area contributed by atoms with Gasteiger partial charge in [-0.15, -0.1) is 29.1 Å². The molecule has 0 spiro atoms. The number of hydrogen-bond acceptors (Lipinski definition) is 7. The summed E-state index contributed by atoms with van der Waals surface area (Å²) < 4.78 is 12.2. The van der Waals surface area contributed by atoms with Crippen LogP contribution in [-0.2, 0) is 0 Å². The molecule has 0 bridgehead atoms. The second kappa shape index (κ2) is 17.1.